The molecule has 0 heterocycles. The van der Waals surface area contributed by atoms with Crippen molar-refractivity contribution in [1.29, 1.82) is 0 Å². The highest BCUT2D eigenvalue weighted by atomic mass is 19.1. The monoisotopic (exact) mass is 224 g/mol. The normalized spacial score (nSPS) is 12.2. The summed E-state index contributed by atoms with van der Waals surface area (Å²) in [5.41, 5.74) is 1.03. The van der Waals surface area contributed by atoms with Crippen LogP contribution in [0.2, 0.25) is 0 Å². The van der Waals surface area contributed by atoms with Gasteiger partial charge in [0.05, 0.1) is 0 Å². The number of carbonyl (C=O) groups excluding carboxylic acids is 1. The second kappa shape index (κ2) is 6.23. The maximum Gasteiger partial charge on any atom is 0.216 e. The summed E-state index contributed by atoms with van der Waals surface area (Å²) >= 11 is 0. The molecule has 88 valence electrons. The molecule has 0 aliphatic carbocycles. The summed E-state index contributed by atoms with van der Waals surface area (Å²) in [5, 5.41) is 5.94. The summed E-state index contributed by atoms with van der Waals surface area (Å²) in [6, 6.07) is 6.55. The van der Waals surface area contributed by atoms with Crippen molar-refractivity contribution >= 4 is 5.91 Å². The summed E-state index contributed by atoms with van der Waals surface area (Å²) in [4.78, 5) is 10.6. The van der Waals surface area contributed by atoms with E-state index in [2.05, 4.69) is 10.6 Å². The Labute approximate surface area is 95.0 Å². The van der Waals surface area contributed by atoms with E-state index in [4.69, 9.17) is 0 Å². The molecule has 1 aromatic carbocycles. The van der Waals surface area contributed by atoms with E-state index >= 15 is 0 Å². The molecule has 1 atom stereocenters. The number of hydrogen-bond acceptors (Lipinski definition) is 2. The van der Waals surface area contributed by atoms with Crippen LogP contribution >= 0.6 is 0 Å². The molecule has 1 amide bonds. The van der Waals surface area contributed by atoms with Crippen LogP contribution in [0.4, 0.5) is 4.39 Å². The zero-order chi connectivity index (χ0) is 12.0. The maximum atomic E-state index is 12.7. The SMILES string of the molecule is CC(=O)NCCNC(C)c1ccc(F)cc1. The second-order valence-corrected chi connectivity index (χ2v) is 3.71. The lowest BCUT2D eigenvalue weighted by atomic mass is 10.1. The van der Waals surface area contributed by atoms with Crippen LogP contribution in [0.15, 0.2) is 24.3 Å². The van der Waals surface area contributed by atoms with Crippen molar-refractivity contribution in [1.82, 2.24) is 10.6 Å². The largest absolute Gasteiger partial charge is 0.355 e. The van der Waals surface area contributed by atoms with Crippen LogP contribution in [0.25, 0.3) is 0 Å². The molecular weight excluding hydrogens is 207 g/mol. The lowest BCUT2D eigenvalue weighted by Crippen LogP contribution is -2.31. The lowest BCUT2D eigenvalue weighted by molar-refractivity contribution is -0.118. The number of carbonyl (C=O) groups is 1. The smallest absolute Gasteiger partial charge is 0.216 e. The van der Waals surface area contributed by atoms with E-state index in [0.29, 0.717) is 13.1 Å². The Balaban J connectivity index is 2.32. The Morgan fingerprint density at radius 1 is 1.31 bits per heavy atom. The molecular formula is C12H17FN2O. The van der Waals surface area contributed by atoms with Gasteiger partial charge in [0.25, 0.3) is 0 Å². The van der Waals surface area contributed by atoms with Gasteiger partial charge >= 0.3 is 0 Å². The van der Waals surface area contributed by atoms with Crippen molar-refractivity contribution in [2.75, 3.05) is 13.1 Å². The molecule has 0 saturated heterocycles. The number of amides is 1. The van der Waals surface area contributed by atoms with Gasteiger partial charge < -0.3 is 10.6 Å². The van der Waals surface area contributed by atoms with Gasteiger partial charge in [-0.3, -0.25) is 4.79 Å². The molecule has 16 heavy (non-hydrogen) atoms. The molecule has 0 radical (unpaired) electrons. The summed E-state index contributed by atoms with van der Waals surface area (Å²) < 4.78 is 12.7. The highest BCUT2D eigenvalue weighted by Gasteiger charge is 2.03. The molecule has 0 spiro atoms. The van der Waals surface area contributed by atoms with Crippen LogP contribution in [0.3, 0.4) is 0 Å². The minimum atomic E-state index is -0.228. The topological polar surface area (TPSA) is 41.1 Å². The first-order valence-corrected chi connectivity index (χ1v) is 5.33. The van der Waals surface area contributed by atoms with Gasteiger partial charge in [-0.05, 0) is 24.6 Å². The van der Waals surface area contributed by atoms with Crippen molar-refractivity contribution in [2.24, 2.45) is 0 Å². The maximum absolute atomic E-state index is 12.7. The van der Waals surface area contributed by atoms with E-state index < -0.39 is 0 Å². The third-order valence-corrected chi connectivity index (χ3v) is 2.32. The predicted molar refractivity (Wildman–Crippen MR) is 61.5 cm³/mol. The van der Waals surface area contributed by atoms with E-state index in [0.717, 1.165) is 5.56 Å². The van der Waals surface area contributed by atoms with Gasteiger partial charge in [-0.15, -0.1) is 0 Å². The predicted octanol–water partition coefficient (Wildman–Crippen LogP) is 1.61. The van der Waals surface area contributed by atoms with Crippen LogP contribution in [-0.4, -0.2) is 19.0 Å². The molecule has 3 nitrogen and oxygen atoms in total. The number of benzene rings is 1. The molecule has 2 N–H and O–H groups in total. The fraction of sp³-hybridized carbons (Fsp3) is 0.417. The lowest BCUT2D eigenvalue weighted by Gasteiger charge is -2.14. The van der Waals surface area contributed by atoms with Crippen LogP contribution in [0.1, 0.15) is 25.5 Å². The van der Waals surface area contributed by atoms with E-state index in [1.165, 1.54) is 19.1 Å². The highest BCUT2D eigenvalue weighted by Crippen LogP contribution is 2.11. The molecule has 0 aromatic heterocycles. The van der Waals surface area contributed by atoms with E-state index in [1.807, 2.05) is 6.92 Å². The van der Waals surface area contributed by atoms with Crippen molar-refractivity contribution in [3.8, 4) is 0 Å². The quantitative estimate of drug-likeness (QED) is 0.746. The average molecular weight is 224 g/mol. The fourth-order valence-corrected chi connectivity index (χ4v) is 1.40. The first-order valence-electron chi connectivity index (χ1n) is 5.33. The molecule has 0 bridgehead atoms. The van der Waals surface area contributed by atoms with E-state index in [1.54, 1.807) is 12.1 Å². The molecule has 0 aliphatic rings. The second-order valence-electron chi connectivity index (χ2n) is 3.71. The minimum absolute atomic E-state index is 0.0313. The summed E-state index contributed by atoms with van der Waals surface area (Å²) in [6.07, 6.45) is 0. The van der Waals surface area contributed by atoms with Crippen LogP contribution in [0.5, 0.6) is 0 Å². The summed E-state index contributed by atoms with van der Waals surface area (Å²) in [5.74, 6) is -0.259. The fourth-order valence-electron chi connectivity index (χ4n) is 1.40. The van der Waals surface area contributed by atoms with E-state index in [9.17, 15) is 9.18 Å². The van der Waals surface area contributed by atoms with E-state index in [-0.39, 0.29) is 17.8 Å². The third kappa shape index (κ3) is 4.40. The summed E-state index contributed by atoms with van der Waals surface area (Å²) in [6.45, 7) is 4.78. The van der Waals surface area contributed by atoms with Crippen molar-refractivity contribution in [2.45, 2.75) is 19.9 Å². The van der Waals surface area contributed by atoms with Crippen LogP contribution < -0.4 is 10.6 Å². The van der Waals surface area contributed by atoms with Gasteiger partial charge in [0.15, 0.2) is 0 Å². The molecule has 1 unspecified atom stereocenters. The zero-order valence-electron chi connectivity index (χ0n) is 9.59. The van der Waals surface area contributed by atoms with Gasteiger partial charge in [0.1, 0.15) is 5.82 Å². The first-order chi connectivity index (χ1) is 7.59. The Morgan fingerprint density at radius 3 is 2.50 bits per heavy atom. The Kier molecular flexibility index (Phi) is 4.92. The molecule has 0 saturated carbocycles. The Morgan fingerprint density at radius 2 is 1.94 bits per heavy atom. The van der Waals surface area contributed by atoms with Gasteiger partial charge in [0.2, 0.25) is 5.91 Å². The highest BCUT2D eigenvalue weighted by molar-refractivity contribution is 5.72. The van der Waals surface area contributed by atoms with Gasteiger partial charge in [-0.2, -0.15) is 0 Å². The van der Waals surface area contributed by atoms with Gasteiger partial charge in [-0.25, -0.2) is 4.39 Å². The molecule has 4 heteroatoms. The first kappa shape index (κ1) is 12.6. The number of halogens is 1. The average Bonchev–Trinajstić information content (AvgIpc) is 2.25. The molecule has 0 aliphatic heterocycles. The van der Waals surface area contributed by atoms with Crippen molar-refractivity contribution < 1.29 is 9.18 Å². The number of rotatable bonds is 5. The molecule has 1 rings (SSSR count). The summed E-state index contributed by atoms with van der Waals surface area (Å²) in [7, 11) is 0. The minimum Gasteiger partial charge on any atom is -0.355 e. The standard InChI is InChI=1S/C12H17FN2O/c1-9(14-7-8-15-10(2)16)11-3-5-12(13)6-4-11/h3-6,9,14H,7-8H2,1-2H3,(H,15,16). The Bertz CT molecular complexity index is 337. The van der Waals surface area contributed by atoms with Crippen molar-refractivity contribution in [3.63, 3.8) is 0 Å². The van der Waals surface area contributed by atoms with Gasteiger partial charge in [-0.1, -0.05) is 12.1 Å². The van der Waals surface area contributed by atoms with Gasteiger partial charge in [0, 0.05) is 26.1 Å². The van der Waals surface area contributed by atoms with Crippen LogP contribution in [0, 0.1) is 5.82 Å². The van der Waals surface area contributed by atoms with Crippen LogP contribution in [-0.2, 0) is 4.79 Å². The Hall–Kier alpha value is -1.42. The third-order valence-electron chi connectivity index (χ3n) is 2.32. The zero-order valence-corrected chi connectivity index (χ0v) is 9.59. The van der Waals surface area contributed by atoms with Crippen molar-refractivity contribution in [3.05, 3.63) is 35.6 Å². The number of nitrogens with one attached hydrogen (secondary N) is 2. The number of hydrogen-bond donors (Lipinski definition) is 2. The molecule has 0 fully saturated rings. The molecule has 1 aromatic rings.